The molecule has 0 bridgehead atoms. The highest BCUT2D eigenvalue weighted by Crippen LogP contribution is 2.22. The van der Waals surface area contributed by atoms with Crippen molar-refractivity contribution in [3.8, 4) is 5.75 Å². The zero-order chi connectivity index (χ0) is 17.7. The quantitative estimate of drug-likeness (QED) is 0.693. The van der Waals surface area contributed by atoms with Crippen molar-refractivity contribution in [3.05, 3.63) is 35.5 Å². The van der Waals surface area contributed by atoms with Crippen LogP contribution < -0.4 is 15.2 Å². The molecule has 0 saturated heterocycles. The van der Waals surface area contributed by atoms with Crippen molar-refractivity contribution in [3.63, 3.8) is 0 Å². The van der Waals surface area contributed by atoms with E-state index in [0.29, 0.717) is 5.82 Å². The summed E-state index contributed by atoms with van der Waals surface area (Å²) in [6.45, 7) is 0.139. The highest BCUT2D eigenvalue weighted by atomic mass is 32.2. The summed E-state index contributed by atoms with van der Waals surface area (Å²) in [6, 6.07) is 3.73. The standard InChI is InChI=1S/C13H16N4O6S/c1-21-7-11-16-12(23-17-11)6-15-13(18)9-5-8(24(14,19)20)3-4-10(9)22-2/h3-5H,6-7H2,1-2H3,(H,15,18)(H2,14,19,20). The molecule has 0 unspecified atom stereocenters. The Hall–Kier alpha value is -2.50. The largest absolute Gasteiger partial charge is 0.496 e. The molecule has 3 N–H and O–H groups in total. The Bertz CT molecular complexity index is 833. The maximum Gasteiger partial charge on any atom is 0.255 e. The zero-order valence-electron chi connectivity index (χ0n) is 13.0. The molecule has 0 aliphatic heterocycles. The Morgan fingerprint density at radius 3 is 2.75 bits per heavy atom. The fourth-order valence-corrected chi connectivity index (χ4v) is 2.38. The van der Waals surface area contributed by atoms with E-state index in [1.807, 2.05) is 0 Å². The van der Waals surface area contributed by atoms with E-state index in [9.17, 15) is 13.2 Å². The summed E-state index contributed by atoms with van der Waals surface area (Å²) in [4.78, 5) is 16.1. The second kappa shape index (κ2) is 7.38. The first-order valence-corrected chi connectivity index (χ1v) is 8.19. The number of nitrogens with two attached hydrogens (primary N) is 1. The topological polar surface area (TPSA) is 147 Å². The predicted octanol–water partition coefficient (Wildman–Crippen LogP) is -0.198. The molecule has 0 saturated carbocycles. The average Bonchev–Trinajstić information content (AvgIpc) is 2.99. The fraction of sp³-hybridized carbons (Fsp3) is 0.308. The summed E-state index contributed by atoms with van der Waals surface area (Å²) >= 11 is 0. The number of aromatic nitrogens is 2. The number of nitrogens with one attached hydrogen (secondary N) is 1. The lowest BCUT2D eigenvalue weighted by Gasteiger charge is -2.09. The van der Waals surface area contributed by atoms with Gasteiger partial charge in [-0.05, 0) is 18.2 Å². The SMILES string of the molecule is COCc1noc(CNC(=O)c2cc(S(N)(=O)=O)ccc2OC)n1. The van der Waals surface area contributed by atoms with Crippen LogP contribution in [0.25, 0.3) is 0 Å². The Morgan fingerprint density at radius 1 is 1.38 bits per heavy atom. The third-order valence-electron chi connectivity index (χ3n) is 2.93. The predicted molar refractivity (Wildman–Crippen MR) is 80.5 cm³/mol. The van der Waals surface area contributed by atoms with Crippen LogP contribution in [0.15, 0.2) is 27.6 Å². The van der Waals surface area contributed by atoms with Crippen LogP contribution in [0.2, 0.25) is 0 Å². The molecular formula is C13H16N4O6S. The van der Waals surface area contributed by atoms with Crippen molar-refractivity contribution in [2.45, 2.75) is 18.0 Å². The monoisotopic (exact) mass is 356 g/mol. The Labute approximate surface area is 138 Å². The van der Waals surface area contributed by atoms with E-state index in [2.05, 4.69) is 15.5 Å². The van der Waals surface area contributed by atoms with Gasteiger partial charge in [0, 0.05) is 7.11 Å². The van der Waals surface area contributed by atoms with E-state index in [-0.39, 0.29) is 35.3 Å². The number of benzene rings is 1. The van der Waals surface area contributed by atoms with Crippen LogP contribution in [0.3, 0.4) is 0 Å². The zero-order valence-corrected chi connectivity index (χ0v) is 13.8. The van der Waals surface area contributed by atoms with Crippen molar-refractivity contribution in [2.24, 2.45) is 5.14 Å². The molecule has 2 rings (SSSR count). The molecule has 0 aliphatic carbocycles. The third kappa shape index (κ3) is 4.28. The molecule has 0 radical (unpaired) electrons. The van der Waals surface area contributed by atoms with Gasteiger partial charge in [-0.1, -0.05) is 5.16 Å². The molecule has 1 aromatic carbocycles. The molecular weight excluding hydrogens is 340 g/mol. The first kappa shape index (κ1) is 17.8. The van der Waals surface area contributed by atoms with Crippen LogP contribution in [0.4, 0.5) is 0 Å². The van der Waals surface area contributed by atoms with Gasteiger partial charge in [0.05, 0.1) is 24.1 Å². The summed E-state index contributed by atoms with van der Waals surface area (Å²) in [5.74, 6) is 0.141. The van der Waals surface area contributed by atoms with Crippen LogP contribution >= 0.6 is 0 Å². The van der Waals surface area contributed by atoms with Crippen molar-refractivity contribution < 1.29 is 27.2 Å². The van der Waals surface area contributed by atoms with Gasteiger partial charge in [0.25, 0.3) is 5.91 Å². The van der Waals surface area contributed by atoms with Crippen LogP contribution in [0, 0.1) is 0 Å². The molecule has 0 fully saturated rings. The summed E-state index contributed by atoms with van der Waals surface area (Å²) in [7, 11) is -1.10. The van der Waals surface area contributed by atoms with Crippen molar-refractivity contribution in [1.29, 1.82) is 0 Å². The molecule has 24 heavy (non-hydrogen) atoms. The van der Waals surface area contributed by atoms with Gasteiger partial charge >= 0.3 is 0 Å². The highest BCUT2D eigenvalue weighted by molar-refractivity contribution is 7.89. The van der Waals surface area contributed by atoms with Gasteiger partial charge < -0.3 is 19.3 Å². The number of hydrogen-bond donors (Lipinski definition) is 2. The van der Waals surface area contributed by atoms with E-state index in [4.69, 9.17) is 19.1 Å². The molecule has 1 heterocycles. The number of methoxy groups -OCH3 is 2. The molecule has 0 spiro atoms. The van der Waals surface area contributed by atoms with Gasteiger partial charge in [0.2, 0.25) is 15.9 Å². The summed E-state index contributed by atoms with van der Waals surface area (Å²) in [5.41, 5.74) is 0.0145. The third-order valence-corrected chi connectivity index (χ3v) is 3.84. The number of rotatable bonds is 7. The number of carbonyl (C=O) groups is 1. The normalized spacial score (nSPS) is 11.3. The van der Waals surface area contributed by atoms with Gasteiger partial charge in [-0.2, -0.15) is 4.98 Å². The Morgan fingerprint density at radius 2 is 2.12 bits per heavy atom. The number of hydrogen-bond acceptors (Lipinski definition) is 8. The van der Waals surface area contributed by atoms with Crippen molar-refractivity contribution in [2.75, 3.05) is 14.2 Å². The van der Waals surface area contributed by atoms with Crippen LogP contribution in [0.5, 0.6) is 5.75 Å². The van der Waals surface area contributed by atoms with E-state index in [1.54, 1.807) is 0 Å². The van der Waals surface area contributed by atoms with E-state index >= 15 is 0 Å². The van der Waals surface area contributed by atoms with Gasteiger partial charge in [-0.25, -0.2) is 13.6 Å². The molecule has 10 nitrogen and oxygen atoms in total. The van der Waals surface area contributed by atoms with Crippen LogP contribution in [-0.4, -0.2) is 38.7 Å². The average molecular weight is 356 g/mol. The van der Waals surface area contributed by atoms with Gasteiger partial charge in [-0.3, -0.25) is 4.79 Å². The number of primary sulfonamides is 1. The fourth-order valence-electron chi connectivity index (χ4n) is 1.84. The van der Waals surface area contributed by atoms with Crippen LogP contribution in [-0.2, 0) is 27.9 Å². The number of amides is 1. The molecule has 2 aromatic rings. The smallest absolute Gasteiger partial charge is 0.255 e. The first-order chi connectivity index (χ1) is 11.3. The summed E-state index contributed by atoms with van der Waals surface area (Å²) < 4.78 is 37.7. The number of ether oxygens (including phenoxy) is 2. The minimum atomic E-state index is -3.94. The lowest BCUT2D eigenvalue weighted by atomic mass is 10.2. The van der Waals surface area contributed by atoms with E-state index < -0.39 is 15.9 Å². The number of carbonyl (C=O) groups excluding carboxylic acids is 1. The molecule has 0 atom stereocenters. The summed E-state index contributed by atoms with van der Waals surface area (Å²) in [6.07, 6.45) is 0. The van der Waals surface area contributed by atoms with Gasteiger partial charge in [0.15, 0.2) is 5.82 Å². The molecule has 130 valence electrons. The molecule has 1 aromatic heterocycles. The minimum absolute atomic E-state index is 0.0145. The van der Waals surface area contributed by atoms with Crippen molar-refractivity contribution >= 4 is 15.9 Å². The second-order valence-electron chi connectivity index (χ2n) is 4.63. The lowest BCUT2D eigenvalue weighted by molar-refractivity contribution is 0.0943. The number of sulfonamides is 1. The molecule has 0 aliphatic rings. The lowest BCUT2D eigenvalue weighted by Crippen LogP contribution is -2.24. The maximum atomic E-state index is 12.3. The maximum absolute atomic E-state index is 12.3. The summed E-state index contributed by atoms with van der Waals surface area (Å²) in [5, 5.41) is 11.3. The van der Waals surface area contributed by atoms with E-state index in [1.165, 1.54) is 26.4 Å². The first-order valence-electron chi connectivity index (χ1n) is 6.64. The molecule has 11 heteroatoms. The van der Waals surface area contributed by atoms with Crippen molar-refractivity contribution in [1.82, 2.24) is 15.5 Å². The van der Waals surface area contributed by atoms with E-state index in [0.717, 1.165) is 6.07 Å². The van der Waals surface area contributed by atoms with Gasteiger partial charge in [0.1, 0.15) is 12.4 Å². The second-order valence-corrected chi connectivity index (χ2v) is 6.19. The minimum Gasteiger partial charge on any atom is -0.496 e. The molecule has 1 amide bonds. The Kier molecular flexibility index (Phi) is 5.49. The Balaban J connectivity index is 2.15. The highest BCUT2D eigenvalue weighted by Gasteiger charge is 2.18. The van der Waals surface area contributed by atoms with Crippen LogP contribution in [0.1, 0.15) is 22.1 Å². The van der Waals surface area contributed by atoms with Gasteiger partial charge in [-0.15, -0.1) is 0 Å². The number of nitrogens with zero attached hydrogens (tertiary/aromatic N) is 2.